The molecular weight excluding hydrogens is 255 g/mol. The van der Waals surface area contributed by atoms with E-state index in [-0.39, 0.29) is 18.2 Å². The van der Waals surface area contributed by atoms with Crippen molar-refractivity contribution >= 4 is 12.4 Å². The van der Waals surface area contributed by atoms with E-state index < -0.39 is 17.8 Å². The van der Waals surface area contributed by atoms with Crippen LogP contribution in [0.15, 0.2) is 18.2 Å². The summed E-state index contributed by atoms with van der Waals surface area (Å²) in [4.78, 5) is 0. The lowest BCUT2D eigenvalue weighted by atomic mass is 10.0. The molecule has 1 rings (SSSR count). The van der Waals surface area contributed by atoms with Crippen molar-refractivity contribution in [3.63, 3.8) is 0 Å². The number of ether oxygens (including phenoxy) is 1. The van der Waals surface area contributed by atoms with Crippen molar-refractivity contribution in [2.45, 2.75) is 25.6 Å². The Kier molecular flexibility index (Phi) is 5.78. The van der Waals surface area contributed by atoms with Crippen LogP contribution in [0.4, 0.5) is 13.2 Å². The van der Waals surface area contributed by atoms with Gasteiger partial charge >= 0.3 is 6.18 Å². The van der Waals surface area contributed by atoms with Gasteiger partial charge in [-0.05, 0) is 30.2 Å². The van der Waals surface area contributed by atoms with Gasteiger partial charge in [-0.15, -0.1) is 12.4 Å². The van der Waals surface area contributed by atoms with E-state index in [4.69, 9.17) is 10.5 Å². The summed E-state index contributed by atoms with van der Waals surface area (Å²) in [5, 5.41) is 0. The van der Waals surface area contributed by atoms with E-state index in [9.17, 15) is 13.2 Å². The third-order valence-corrected chi connectivity index (χ3v) is 2.36. The topological polar surface area (TPSA) is 35.2 Å². The fraction of sp³-hybridized carbons (Fsp3) is 0.455. The lowest BCUT2D eigenvalue weighted by molar-refractivity contribution is -0.137. The van der Waals surface area contributed by atoms with Crippen LogP contribution in [0.5, 0.6) is 5.75 Å². The van der Waals surface area contributed by atoms with E-state index in [1.165, 1.54) is 13.2 Å². The predicted octanol–water partition coefficient (Wildman–Crippen LogP) is 3.55. The predicted molar refractivity (Wildman–Crippen MR) is 62.5 cm³/mol. The number of alkyl halides is 3. The van der Waals surface area contributed by atoms with E-state index in [1.807, 2.05) is 6.92 Å². The zero-order chi connectivity index (χ0) is 12.3. The van der Waals surface area contributed by atoms with Crippen molar-refractivity contribution in [3.05, 3.63) is 29.3 Å². The number of benzene rings is 1. The first-order valence-corrected chi connectivity index (χ1v) is 4.90. The molecule has 0 aliphatic rings. The van der Waals surface area contributed by atoms with Gasteiger partial charge in [0.05, 0.1) is 12.7 Å². The molecule has 6 heteroatoms. The highest BCUT2D eigenvalue weighted by molar-refractivity contribution is 5.85. The van der Waals surface area contributed by atoms with E-state index in [1.54, 1.807) is 0 Å². The summed E-state index contributed by atoms with van der Waals surface area (Å²) in [7, 11) is 1.33. The highest BCUT2D eigenvalue weighted by Gasteiger charge is 2.31. The van der Waals surface area contributed by atoms with Gasteiger partial charge in [0.2, 0.25) is 0 Å². The molecule has 1 aromatic carbocycles. The minimum absolute atomic E-state index is 0. The molecule has 0 bridgehead atoms. The Morgan fingerprint density at radius 1 is 1.29 bits per heavy atom. The third kappa shape index (κ3) is 4.09. The summed E-state index contributed by atoms with van der Waals surface area (Å²) in [5.41, 5.74) is 5.42. The molecule has 2 N–H and O–H groups in total. The Bertz CT molecular complexity index is 368. The molecule has 1 aromatic rings. The van der Waals surface area contributed by atoms with Crippen molar-refractivity contribution in [2.75, 3.05) is 7.11 Å². The zero-order valence-electron chi connectivity index (χ0n) is 9.54. The zero-order valence-corrected chi connectivity index (χ0v) is 10.4. The van der Waals surface area contributed by atoms with Crippen LogP contribution >= 0.6 is 12.4 Å². The largest absolute Gasteiger partial charge is 0.497 e. The monoisotopic (exact) mass is 269 g/mol. The molecule has 98 valence electrons. The van der Waals surface area contributed by atoms with Crippen LogP contribution in [-0.2, 0) is 6.18 Å². The summed E-state index contributed by atoms with van der Waals surface area (Å²) in [6.45, 7) is 1.82. The first-order valence-electron chi connectivity index (χ1n) is 4.90. The Balaban J connectivity index is 0.00000256. The third-order valence-electron chi connectivity index (χ3n) is 2.36. The van der Waals surface area contributed by atoms with Gasteiger partial charge in [-0.1, -0.05) is 6.92 Å². The number of halogens is 4. The lowest BCUT2D eigenvalue weighted by Crippen LogP contribution is -2.12. The number of hydrogen-bond donors (Lipinski definition) is 1. The molecule has 0 aromatic heterocycles. The average molecular weight is 270 g/mol. The smallest absolute Gasteiger partial charge is 0.416 e. The Labute approximate surface area is 104 Å². The van der Waals surface area contributed by atoms with E-state index in [0.717, 1.165) is 12.1 Å². The van der Waals surface area contributed by atoms with Crippen LogP contribution < -0.4 is 10.5 Å². The van der Waals surface area contributed by atoms with Gasteiger partial charge in [-0.25, -0.2) is 0 Å². The number of methoxy groups -OCH3 is 1. The number of nitrogens with two attached hydrogens (primary N) is 1. The molecule has 0 heterocycles. The number of rotatable bonds is 3. The molecule has 0 spiro atoms. The van der Waals surface area contributed by atoms with Gasteiger partial charge in [0.25, 0.3) is 0 Å². The minimum atomic E-state index is -4.38. The molecule has 0 saturated heterocycles. The van der Waals surface area contributed by atoms with Crippen LogP contribution in [0.3, 0.4) is 0 Å². The van der Waals surface area contributed by atoms with Crippen LogP contribution in [0, 0.1) is 0 Å². The van der Waals surface area contributed by atoms with E-state index in [2.05, 4.69) is 0 Å². The minimum Gasteiger partial charge on any atom is -0.497 e. The second-order valence-electron chi connectivity index (χ2n) is 3.51. The fourth-order valence-corrected chi connectivity index (χ4v) is 1.35. The van der Waals surface area contributed by atoms with Crippen LogP contribution in [0.2, 0.25) is 0 Å². The molecule has 0 aliphatic carbocycles. The summed E-state index contributed by atoms with van der Waals surface area (Å²) >= 11 is 0. The molecule has 17 heavy (non-hydrogen) atoms. The standard InChI is InChI=1S/C11H14F3NO.ClH/c1-3-10(15)7-4-8(11(12,13)14)6-9(5-7)16-2;/h4-6,10H,3,15H2,1-2H3;1H/t10-;/m1./s1. The van der Waals surface area contributed by atoms with Gasteiger partial charge in [0.1, 0.15) is 5.75 Å². The van der Waals surface area contributed by atoms with Gasteiger partial charge in [-0.2, -0.15) is 13.2 Å². The molecule has 0 amide bonds. The Hall–Kier alpha value is -0.940. The van der Waals surface area contributed by atoms with Crippen molar-refractivity contribution in [3.8, 4) is 5.75 Å². The molecule has 0 aliphatic heterocycles. The maximum absolute atomic E-state index is 12.6. The van der Waals surface area contributed by atoms with Crippen molar-refractivity contribution in [1.29, 1.82) is 0 Å². The Morgan fingerprint density at radius 3 is 2.29 bits per heavy atom. The molecule has 0 unspecified atom stereocenters. The molecule has 0 saturated carbocycles. The Morgan fingerprint density at radius 2 is 1.88 bits per heavy atom. The average Bonchev–Trinajstić information content (AvgIpc) is 2.26. The summed E-state index contributed by atoms with van der Waals surface area (Å²) in [5.74, 6) is 0.175. The highest BCUT2D eigenvalue weighted by Crippen LogP contribution is 2.34. The van der Waals surface area contributed by atoms with Crippen molar-refractivity contribution in [2.24, 2.45) is 5.73 Å². The number of hydrogen-bond acceptors (Lipinski definition) is 2. The first-order chi connectivity index (χ1) is 7.38. The summed E-state index contributed by atoms with van der Waals surface area (Å²) < 4.78 is 42.5. The van der Waals surface area contributed by atoms with Gasteiger partial charge in [0.15, 0.2) is 0 Å². The van der Waals surface area contributed by atoms with E-state index in [0.29, 0.717) is 12.0 Å². The second-order valence-corrected chi connectivity index (χ2v) is 3.51. The van der Waals surface area contributed by atoms with Gasteiger partial charge in [-0.3, -0.25) is 0 Å². The fourth-order valence-electron chi connectivity index (χ4n) is 1.35. The molecular formula is C11H15ClF3NO. The lowest BCUT2D eigenvalue weighted by Gasteiger charge is -2.15. The summed E-state index contributed by atoms with van der Waals surface area (Å²) in [6.07, 6.45) is -3.80. The van der Waals surface area contributed by atoms with Crippen molar-refractivity contribution < 1.29 is 17.9 Å². The maximum Gasteiger partial charge on any atom is 0.416 e. The second kappa shape index (κ2) is 6.12. The van der Waals surface area contributed by atoms with Crippen LogP contribution in [-0.4, -0.2) is 7.11 Å². The van der Waals surface area contributed by atoms with E-state index >= 15 is 0 Å². The first kappa shape index (κ1) is 16.1. The highest BCUT2D eigenvalue weighted by atomic mass is 35.5. The summed E-state index contributed by atoms with van der Waals surface area (Å²) in [6, 6.07) is 3.16. The van der Waals surface area contributed by atoms with Crippen LogP contribution in [0.25, 0.3) is 0 Å². The normalized spacial score (nSPS) is 12.8. The van der Waals surface area contributed by atoms with Crippen LogP contribution in [0.1, 0.15) is 30.5 Å². The van der Waals surface area contributed by atoms with Gasteiger partial charge < -0.3 is 10.5 Å². The molecule has 0 radical (unpaired) electrons. The SMILES string of the molecule is CC[C@@H](N)c1cc(OC)cc(C(F)(F)F)c1.Cl. The van der Waals surface area contributed by atoms with Gasteiger partial charge in [0, 0.05) is 6.04 Å². The quantitative estimate of drug-likeness (QED) is 0.911. The molecule has 0 fully saturated rings. The van der Waals surface area contributed by atoms with Crippen molar-refractivity contribution in [1.82, 2.24) is 0 Å². The molecule has 1 atom stereocenters. The maximum atomic E-state index is 12.6. The molecule has 2 nitrogen and oxygen atoms in total.